The molecule has 0 heterocycles. The SMILES string of the molecule is OCCc1ccc(CO)c(CO)c1. The van der Waals surface area contributed by atoms with Gasteiger partial charge in [-0.1, -0.05) is 18.2 Å². The Bertz CT molecular complexity index is 271. The highest BCUT2D eigenvalue weighted by Crippen LogP contribution is 2.12. The molecule has 0 fully saturated rings. The Hall–Kier alpha value is -0.900. The van der Waals surface area contributed by atoms with Gasteiger partial charge in [-0.05, 0) is 23.1 Å². The summed E-state index contributed by atoms with van der Waals surface area (Å²) in [7, 11) is 0. The molecule has 0 aliphatic rings. The van der Waals surface area contributed by atoms with E-state index >= 15 is 0 Å². The number of hydrogen-bond acceptors (Lipinski definition) is 3. The zero-order valence-electron chi connectivity index (χ0n) is 7.40. The van der Waals surface area contributed by atoms with E-state index in [-0.39, 0.29) is 19.8 Å². The number of benzene rings is 1. The number of rotatable bonds is 4. The summed E-state index contributed by atoms with van der Waals surface area (Å²) in [6.45, 7) is -0.0339. The van der Waals surface area contributed by atoms with Crippen LogP contribution < -0.4 is 0 Å². The number of aliphatic hydroxyl groups excluding tert-OH is 3. The fourth-order valence-electron chi connectivity index (χ4n) is 1.27. The van der Waals surface area contributed by atoms with E-state index in [9.17, 15) is 0 Å². The lowest BCUT2D eigenvalue weighted by atomic mass is 10.0. The van der Waals surface area contributed by atoms with Crippen molar-refractivity contribution in [2.75, 3.05) is 6.61 Å². The summed E-state index contributed by atoms with van der Waals surface area (Å²) in [6.07, 6.45) is 0.582. The lowest BCUT2D eigenvalue weighted by Crippen LogP contribution is -1.97. The minimum atomic E-state index is -0.0742. The van der Waals surface area contributed by atoms with E-state index in [4.69, 9.17) is 15.3 Å². The second kappa shape index (κ2) is 4.97. The van der Waals surface area contributed by atoms with Gasteiger partial charge < -0.3 is 15.3 Å². The molecule has 0 saturated carbocycles. The van der Waals surface area contributed by atoms with Gasteiger partial charge in [0.25, 0.3) is 0 Å². The molecule has 0 unspecified atom stereocenters. The molecule has 0 spiro atoms. The largest absolute Gasteiger partial charge is 0.396 e. The van der Waals surface area contributed by atoms with Crippen molar-refractivity contribution in [3.05, 3.63) is 34.9 Å². The van der Waals surface area contributed by atoms with E-state index in [1.54, 1.807) is 6.07 Å². The Morgan fingerprint density at radius 3 is 2.15 bits per heavy atom. The van der Waals surface area contributed by atoms with E-state index < -0.39 is 0 Å². The van der Waals surface area contributed by atoms with E-state index in [1.165, 1.54) is 0 Å². The highest BCUT2D eigenvalue weighted by Gasteiger charge is 2.01. The maximum absolute atomic E-state index is 8.97. The van der Waals surface area contributed by atoms with Crippen LogP contribution in [-0.4, -0.2) is 21.9 Å². The average Bonchev–Trinajstić information content (AvgIpc) is 2.18. The van der Waals surface area contributed by atoms with Crippen LogP contribution in [0.2, 0.25) is 0 Å². The van der Waals surface area contributed by atoms with Crippen LogP contribution in [0.25, 0.3) is 0 Å². The normalized spacial score (nSPS) is 10.4. The van der Waals surface area contributed by atoms with Crippen LogP contribution in [0.3, 0.4) is 0 Å². The van der Waals surface area contributed by atoms with Crippen molar-refractivity contribution in [3.63, 3.8) is 0 Å². The van der Waals surface area contributed by atoms with Crippen molar-refractivity contribution >= 4 is 0 Å². The van der Waals surface area contributed by atoms with Crippen molar-refractivity contribution in [2.24, 2.45) is 0 Å². The monoisotopic (exact) mass is 182 g/mol. The van der Waals surface area contributed by atoms with Gasteiger partial charge in [-0.15, -0.1) is 0 Å². The first kappa shape index (κ1) is 10.2. The molecular formula is C10H14O3. The minimum absolute atomic E-state index is 0.0602. The van der Waals surface area contributed by atoms with E-state index in [0.29, 0.717) is 6.42 Å². The van der Waals surface area contributed by atoms with Crippen LogP contribution in [0.1, 0.15) is 16.7 Å². The molecule has 0 aromatic heterocycles. The highest BCUT2D eigenvalue weighted by atomic mass is 16.3. The standard InChI is InChI=1S/C10H14O3/c11-4-3-8-1-2-9(6-12)10(5-8)7-13/h1-2,5,11-13H,3-4,6-7H2. The van der Waals surface area contributed by atoms with Crippen LogP contribution in [-0.2, 0) is 19.6 Å². The van der Waals surface area contributed by atoms with Gasteiger partial charge in [0.15, 0.2) is 0 Å². The predicted molar refractivity (Wildman–Crippen MR) is 49.1 cm³/mol. The van der Waals surface area contributed by atoms with Crippen molar-refractivity contribution in [1.82, 2.24) is 0 Å². The molecule has 0 radical (unpaired) electrons. The molecule has 3 nitrogen and oxygen atoms in total. The van der Waals surface area contributed by atoms with Gasteiger partial charge in [0.05, 0.1) is 13.2 Å². The van der Waals surface area contributed by atoms with Gasteiger partial charge >= 0.3 is 0 Å². The molecule has 0 saturated heterocycles. The lowest BCUT2D eigenvalue weighted by Gasteiger charge is -2.06. The van der Waals surface area contributed by atoms with Crippen molar-refractivity contribution < 1.29 is 15.3 Å². The molecule has 0 bridgehead atoms. The smallest absolute Gasteiger partial charge is 0.0685 e. The second-order valence-electron chi connectivity index (χ2n) is 2.89. The number of aliphatic hydroxyl groups is 3. The van der Waals surface area contributed by atoms with Crippen LogP contribution in [0.5, 0.6) is 0 Å². The third kappa shape index (κ3) is 2.52. The first-order valence-electron chi connectivity index (χ1n) is 4.25. The molecule has 0 atom stereocenters. The number of hydrogen-bond donors (Lipinski definition) is 3. The van der Waals surface area contributed by atoms with Crippen LogP contribution in [0, 0.1) is 0 Å². The quantitative estimate of drug-likeness (QED) is 0.623. The third-order valence-corrected chi connectivity index (χ3v) is 2.01. The Labute approximate surface area is 77.3 Å². The zero-order chi connectivity index (χ0) is 9.68. The highest BCUT2D eigenvalue weighted by molar-refractivity contribution is 5.31. The maximum Gasteiger partial charge on any atom is 0.0685 e. The maximum atomic E-state index is 8.97. The third-order valence-electron chi connectivity index (χ3n) is 2.01. The minimum Gasteiger partial charge on any atom is -0.396 e. The van der Waals surface area contributed by atoms with Gasteiger partial charge in [0.2, 0.25) is 0 Å². The van der Waals surface area contributed by atoms with Crippen LogP contribution in [0.15, 0.2) is 18.2 Å². The fourth-order valence-corrected chi connectivity index (χ4v) is 1.27. The molecule has 1 aromatic rings. The molecule has 0 aliphatic carbocycles. The first-order chi connectivity index (χ1) is 6.31. The molecule has 1 aromatic carbocycles. The molecular weight excluding hydrogens is 168 g/mol. The summed E-state index contributed by atoms with van der Waals surface area (Å²) in [5.41, 5.74) is 2.45. The van der Waals surface area contributed by atoms with Crippen molar-refractivity contribution in [1.29, 1.82) is 0 Å². The van der Waals surface area contributed by atoms with Gasteiger partial charge in [-0.25, -0.2) is 0 Å². The topological polar surface area (TPSA) is 60.7 Å². The molecule has 13 heavy (non-hydrogen) atoms. The van der Waals surface area contributed by atoms with E-state index in [2.05, 4.69) is 0 Å². The van der Waals surface area contributed by atoms with Gasteiger partial charge in [0, 0.05) is 6.61 Å². The molecule has 72 valence electrons. The Morgan fingerprint density at radius 1 is 0.923 bits per heavy atom. The summed E-state index contributed by atoms with van der Waals surface area (Å²) in [5, 5.41) is 26.6. The van der Waals surface area contributed by atoms with Crippen LogP contribution in [0.4, 0.5) is 0 Å². The molecule has 0 aliphatic heterocycles. The molecule has 1 rings (SSSR count). The van der Waals surface area contributed by atoms with E-state index in [0.717, 1.165) is 16.7 Å². The summed E-state index contributed by atoms with van der Waals surface area (Å²) >= 11 is 0. The fraction of sp³-hybridized carbons (Fsp3) is 0.400. The first-order valence-corrected chi connectivity index (χ1v) is 4.25. The molecule has 0 amide bonds. The van der Waals surface area contributed by atoms with Gasteiger partial charge in [-0.3, -0.25) is 0 Å². The zero-order valence-corrected chi connectivity index (χ0v) is 7.40. The van der Waals surface area contributed by atoms with E-state index in [1.807, 2.05) is 12.1 Å². The summed E-state index contributed by atoms with van der Waals surface area (Å²) in [5.74, 6) is 0. The van der Waals surface area contributed by atoms with Crippen molar-refractivity contribution in [2.45, 2.75) is 19.6 Å². The van der Waals surface area contributed by atoms with Gasteiger partial charge in [-0.2, -0.15) is 0 Å². The second-order valence-corrected chi connectivity index (χ2v) is 2.89. The van der Waals surface area contributed by atoms with Crippen molar-refractivity contribution in [3.8, 4) is 0 Å². The average molecular weight is 182 g/mol. The Balaban J connectivity index is 2.91. The summed E-state index contributed by atoms with van der Waals surface area (Å²) < 4.78 is 0. The Kier molecular flexibility index (Phi) is 3.89. The molecule has 3 heteroatoms. The van der Waals surface area contributed by atoms with Crippen LogP contribution >= 0.6 is 0 Å². The Morgan fingerprint density at radius 2 is 1.62 bits per heavy atom. The summed E-state index contributed by atoms with van der Waals surface area (Å²) in [4.78, 5) is 0. The predicted octanol–water partition coefficient (Wildman–Crippen LogP) is 0.206. The molecule has 3 N–H and O–H groups in total. The lowest BCUT2D eigenvalue weighted by molar-refractivity contribution is 0.259. The summed E-state index contributed by atoms with van der Waals surface area (Å²) in [6, 6.07) is 5.43. The van der Waals surface area contributed by atoms with Gasteiger partial charge in [0.1, 0.15) is 0 Å².